The van der Waals surface area contributed by atoms with Gasteiger partial charge in [0.25, 0.3) is 0 Å². The summed E-state index contributed by atoms with van der Waals surface area (Å²) >= 11 is 0. The number of rotatable bonds is 4. The summed E-state index contributed by atoms with van der Waals surface area (Å²) in [5.74, 6) is -0.0577. The van der Waals surface area contributed by atoms with Crippen molar-refractivity contribution in [1.29, 1.82) is 0 Å². The van der Waals surface area contributed by atoms with Crippen LogP contribution in [0, 0.1) is 0 Å². The van der Waals surface area contributed by atoms with E-state index < -0.39 is 0 Å². The molecule has 0 atom stereocenters. The molecule has 0 fully saturated rings. The van der Waals surface area contributed by atoms with E-state index in [-0.39, 0.29) is 12.2 Å². The number of fused-ring (bicyclic) bond motifs is 3. The maximum atomic E-state index is 14.0. The lowest BCUT2D eigenvalue weighted by Crippen LogP contribution is -2.09. The van der Waals surface area contributed by atoms with E-state index in [4.69, 9.17) is 16.5 Å². The molecule has 0 radical (unpaired) electrons. The van der Waals surface area contributed by atoms with Crippen LogP contribution in [0.25, 0.3) is 22.3 Å². The van der Waals surface area contributed by atoms with Crippen LogP contribution in [-0.2, 0) is 4.79 Å². The number of aromatic nitrogens is 1. The molecular formula is C44H38N4O. The maximum absolute atomic E-state index is 14.0. The average molecular weight is 639 g/mol. The molecule has 4 bridgehead atoms. The minimum Gasteiger partial charge on any atom is -0.401 e. The smallest absolute Gasteiger partial charge is 0.187 e. The molecule has 3 heterocycles. The lowest BCUT2D eigenvalue weighted by molar-refractivity contribution is -0.114. The van der Waals surface area contributed by atoms with Gasteiger partial charge >= 0.3 is 0 Å². The molecule has 5 N–H and O–H groups in total. The molecule has 0 saturated carbocycles. The van der Waals surface area contributed by atoms with E-state index in [0.29, 0.717) is 23.5 Å². The number of hydrogen-bond donors (Lipinski definition) is 3. The Hall–Kier alpha value is -6.20. The monoisotopic (exact) mass is 638 g/mol. The Morgan fingerprint density at radius 1 is 0.571 bits per heavy atom. The van der Waals surface area contributed by atoms with Gasteiger partial charge in [0, 0.05) is 39.5 Å². The van der Waals surface area contributed by atoms with Crippen LogP contribution in [0.3, 0.4) is 0 Å². The standard InChI is InChI=1S/C44H38N4O/c45-35-25-13-23-31(30-15-5-1-6-16-30)24-14-26-36(46)42(33-19-9-3-10-20-33)39-29-40(49)44(48-39)43(34-21-11-4-12-22-34)38-28-27-37(47-38)41(35)32-17-7-2-8-18-32/h1-12,14-22,24,26-28,47H,13,23,25,29,45-46H2/b26-14-,31-24-,41-35-,42-36-,44-43-. The molecule has 0 spiro atoms. The first kappa shape index (κ1) is 31.4. The van der Waals surface area contributed by atoms with Gasteiger partial charge in [-0.05, 0) is 65.3 Å². The molecule has 0 unspecified atom stereocenters. The van der Waals surface area contributed by atoms with E-state index in [0.717, 1.165) is 68.9 Å². The fourth-order valence-electron chi connectivity index (χ4n) is 6.67. The number of H-pyrrole nitrogens is 1. The number of ketones is 1. The molecular weight excluding hydrogens is 601 g/mol. The number of benzene rings is 4. The number of allylic oxidation sites excluding steroid dienone is 7. The van der Waals surface area contributed by atoms with E-state index in [1.54, 1.807) is 0 Å². The fraction of sp³-hybridized carbons (Fsp3) is 0.0909. The van der Waals surface area contributed by atoms with Crippen molar-refractivity contribution in [1.82, 2.24) is 4.98 Å². The van der Waals surface area contributed by atoms with E-state index >= 15 is 0 Å². The molecule has 1 aromatic heterocycles. The Balaban J connectivity index is 1.47. The third-order valence-corrected chi connectivity index (χ3v) is 9.00. The molecule has 5 aromatic rings. The third-order valence-electron chi connectivity index (χ3n) is 9.00. The maximum Gasteiger partial charge on any atom is 0.187 e. The molecule has 240 valence electrons. The molecule has 4 aromatic carbocycles. The predicted octanol–water partition coefficient (Wildman–Crippen LogP) is 9.10. The summed E-state index contributed by atoms with van der Waals surface area (Å²) in [6.45, 7) is 0. The number of aromatic amines is 1. The molecule has 0 amide bonds. The molecule has 2 aliphatic heterocycles. The van der Waals surface area contributed by atoms with Crippen LogP contribution in [0.15, 0.2) is 174 Å². The number of carbonyl (C=O) groups is 1. The summed E-state index contributed by atoms with van der Waals surface area (Å²) < 4.78 is 0. The van der Waals surface area contributed by atoms with Gasteiger partial charge in [-0.15, -0.1) is 0 Å². The first-order valence-electron chi connectivity index (χ1n) is 16.7. The van der Waals surface area contributed by atoms with Gasteiger partial charge in [0.15, 0.2) is 5.78 Å². The Labute approximate surface area is 287 Å². The van der Waals surface area contributed by atoms with Crippen LogP contribution in [-0.4, -0.2) is 16.5 Å². The highest BCUT2D eigenvalue weighted by Gasteiger charge is 2.30. The minimum absolute atomic E-state index is 0.0577. The number of nitrogens with two attached hydrogens (primary N) is 2. The van der Waals surface area contributed by atoms with Crippen molar-refractivity contribution in [2.75, 3.05) is 0 Å². The van der Waals surface area contributed by atoms with Crippen molar-refractivity contribution in [3.63, 3.8) is 0 Å². The van der Waals surface area contributed by atoms with Gasteiger partial charge < -0.3 is 16.5 Å². The van der Waals surface area contributed by atoms with E-state index in [9.17, 15) is 4.79 Å². The van der Waals surface area contributed by atoms with Crippen LogP contribution in [0.2, 0.25) is 0 Å². The largest absolute Gasteiger partial charge is 0.401 e. The van der Waals surface area contributed by atoms with Crippen molar-refractivity contribution in [3.8, 4) is 0 Å². The van der Waals surface area contributed by atoms with E-state index in [1.165, 1.54) is 5.57 Å². The third kappa shape index (κ3) is 6.78. The zero-order valence-corrected chi connectivity index (χ0v) is 27.3. The Morgan fingerprint density at radius 3 is 1.67 bits per heavy atom. The zero-order chi connectivity index (χ0) is 33.6. The highest BCUT2D eigenvalue weighted by molar-refractivity contribution is 6.35. The lowest BCUT2D eigenvalue weighted by atomic mass is 9.95. The van der Waals surface area contributed by atoms with Crippen LogP contribution in [0.5, 0.6) is 0 Å². The van der Waals surface area contributed by atoms with Gasteiger partial charge in [-0.25, -0.2) is 4.99 Å². The van der Waals surface area contributed by atoms with Crippen LogP contribution in [0.4, 0.5) is 0 Å². The minimum atomic E-state index is -0.0577. The SMILES string of the molecule is NC1=C(/c2ccccc2)C2=N/C(=C(/c3ccccc3)c3ccc([nH]3)/C(c3ccccc3)=C(\N)CCC/C(c3ccccc3)=C/C=C\1)C(=O)C2. The second-order valence-electron chi connectivity index (χ2n) is 12.3. The zero-order valence-electron chi connectivity index (χ0n) is 27.3. The van der Waals surface area contributed by atoms with E-state index in [1.807, 2.05) is 103 Å². The van der Waals surface area contributed by atoms with Gasteiger partial charge in [0.2, 0.25) is 0 Å². The van der Waals surface area contributed by atoms with Crippen molar-refractivity contribution < 1.29 is 4.79 Å². The highest BCUT2D eigenvalue weighted by atomic mass is 16.1. The number of nitrogens with zero attached hydrogens (tertiary/aromatic N) is 1. The highest BCUT2D eigenvalue weighted by Crippen LogP contribution is 2.36. The van der Waals surface area contributed by atoms with Crippen LogP contribution >= 0.6 is 0 Å². The topological polar surface area (TPSA) is 97.3 Å². The molecule has 7 rings (SSSR count). The summed E-state index contributed by atoms with van der Waals surface area (Å²) in [6.07, 6.45) is 8.57. The molecule has 5 nitrogen and oxygen atoms in total. The number of aliphatic imine (C=N–C) groups is 1. The fourth-order valence-corrected chi connectivity index (χ4v) is 6.67. The quantitative estimate of drug-likeness (QED) is 0.183. The summed E-state index contributed by atoms with van der Waals surface area (Å²) in [5.41, 5.74) is 25.6. The van der Waals surface area contributed by atoms with Gasteiger partial charge in [0.1, 0.15) is 5.70 Å². The van der Waals surface area contributed by atoms with Crippen molar-refractivity contribution in [2.45, 2.75) is 25.7 Å². The Kier molecular flexibility index (Phi) is 9.15. The molecule has 5 heteroatoms. The summed E-state index contributed by atoms with van der Waals surface area (Å²) in [6, 6.07) is 44.6. The Bertz CT molecular complexity index is 2160. The molecule has 0 aliphatic carbocycles. The van der Waals surface area contributed by atoms with Crippen molar-refractivity contribution in [3.05, 3.63) is 202 Å². The van der Waals surface area contributed by atoms with Gasteiger partial charge in [-0.1, -0.05) is 133 Å². The average Bonchev–Trinajstić information content (AvgIpc) is 3.76. The normalized spacial score (nSPS) is 22.1. The number of hydrogen-bond acceptors (Lipinski definition) is 4. The van der Waals surface area contributed by atoms with Gasteiger partial charge in [-0.3, -0.25) is 4.79 Å². The van der Waals surface area contributed by atoms with E-state index in [2.05, 4.69) is 53.5 Å². The number of Topliss-reactive ketones (excluding diaryl/α,β-unsaturated/α-hetero) is 1. The van der Waals surface area contributed by atoms with Crippen molar-refractivity contribution >= 4 is 33.8 Å². The summed E-state index contributed by atoms with van der Waals surface area (Å²) in [4.78, 5) is 22.8. The molecule has 2 aliphatic rings. The Morgan fingerprint density at radius 2 is 1.08 bits per heavy atom. The second kappa shape index (κ2) is 14.3. The summed E-state index contributed by atoms with van der Waals surface area (Å²) in [5, 5.41) is 0. The second-order valence-corrected chi connectivity index (χ2v) is 12.3. The lowest BCUT2D eigenvalue weighted by Gasteiger charge is -2.14. The van der Waals surface area contributed by atoms with Gasteiger partial charge in [0.05, 0.1) is 12.1 Å². The molecule has 49 heavy (non-hydrogen) atoms. The number of nitrogens with one attached hydrogen (secondary N) is 1. The van der Waals surface area contributed by atoms with Crippen molar-refractivity contribution in [2.24, 2.45) is 16.5 Å². The number of carbonyl (C=O) groups excluding carboxylic acids is 1. The first-order chi connectivity index (χ1) is 24.1. The van der Waals surface area contributed by atoms with Gasteiger partial charge in [-0.2, -0.15) is 0 Å². The first-order valence-corrected chi connectivity index (χ1v) is 16.7. The summed E-state index contributed by atoms with van der Waals surface area (Å²) in [7, 11) is 0. The molecule has 0 saturated heterocycles. The van der Waals surface area contributed by atoms with Crippen LogP contribution < -0.4 is 11.5 Å². The van der Waals surface area contributed by atoms with Crippen LogP contribution in [0.1, 0.15) is 59.3 Å². The predicted molar refractivity (Wildman–Crippen MR) is 202 cm³/mol.